The minimum Gasteiger partial charge on any atom is -0.381 e. The fourth-order valence-corrected chi connectivity index (χ4v) is 2.96. The molecule has 0 unspecified atom stereocenters. The van der Waals surface area contributed by atoms with E-state index in [1.807, 2.05) is 19.1 Å². The van der Waals surface area contributed by atoms with Crippen LogP contribution < -0.4 is 16.0 Å². The van der Waals surface area contributed by atoms with Crippen molar-refractivity contribution in [2.75, 3.05) is 45.9 Å². The lowest BCUT2D eigenvalue weighted by Gasteiger charge is -2.26. The second-order valence-corrected chi connectivity index (χ2v) is 7.72. The van der Waals surface area contributed by atoms with Gasteiger partial charge in [-0.05, 0) is 37.0 Å². The molecule has 1 aromatic carbocycles. The van der Waals surface area contributed by atoms with Gasteiger partial charge in [0.2, 0.25) is 5.91 Å². The summed E-state index contributed by atoms with van der Waals surface area (Å²) in [5.41, 5.74) is 1.60. The van der Waals surface area contributed by atoms with Gasteiger partial charge in [-0.25, -0.2) is 4.99 Å². The molecule has 0 saturated carbocycles. The standard InChI is InChI=1S/C22H35N5O3.HI/c1-4-23-22(25-10-5-13-30-16-17(2)3)26-14-18-6-8-19(9-7-18)21(29)27-12-11-24-20(28)15-27;/h6-9,17H,4-5,10-16H2,1-3H3,(H,24,28)(H2,23,25,26);1H. The van der Waals surface area contributed by atoms with Gasteiger partial charge in [-0.15, -0.1) is 24.0 Å². The van der Waals surface area contributed by atoms with E-state index >= 15 is 0 Å². The zero-order valence-electron chi connectivity index (χ0n) is 18.8. The lowest BCUT2D eigenvalue weighted by molar-refractivity contribution is -0.123. The smallest absolute Gasteiger partial charge is 0.254 e. The minimum atomic E-state index is -0.116. The Balaban J connectivity index is 0.00000480. The number of hydrogen-bond donors (Lipinski definition) is 3. The van der Waals surface area contributed by atoms with Crippen molar-refractivity contribution in [1.29, 1.82) is 0 Å². The number of nitrogens with zero attached hydrogens (tertiary/aromatic N) is 2. The number of ether oxygens (including phenoxy) is 1. The van der Waals surface area contributed by atoms with E-state index in [0.717, 1.165) is 44.2 Å². The van der Waals surface area contributed by atoms with Gasteiger partial charge in [0.15, 0.2) is 5.96 Å². The molecule has 1 aliphatic heterocycles. The number of piperazine rings is 1. The lowest BCUT2D eigenvalue weighted by Crippen LogP contribution is -2.49. The molecule has 0 atom stereocenters. The van der Waals surface area contributed by atoms with Crippen LogP contribution in [0.1, 0.15) is 43.1 Å². The van der Waals surface area contributed by atoms with Crippen LogP contribution >= 0.6 is 24.0 Å². The average Bonchev–Trinajstić information content (AvgIpc) is 2.74. The van der Waals surface area contributed by atoms with E-state index in [1.165, 1.54) is 0 Å². The number of halogens is 1. The SMILES string of the molecule is CCNC(=NCc1ccc(C(=O)N2CCNC(=O)C2)cc1)NCCCOCC(C)C.I. The van der Waals surface area contributed by atoms with Gasteiger partial charge < -0.3 is 25.6 Å². The third-order valence-electron chi connectivity index (χ3n) is 4.50. The molecule has 2 amide bonds. The molecule has 0 radical (unpaired) electrons. The molecular formula is C22H36IN5O3. The Morgan fingerprint density at radius 3 is 2.65 bits per heavy atom. The summed E-state index contributed by atoms with van der Waals surface area (Å²) in [4.78, 5) is 30.2. The molecule has 8 nitrogen and oxygen atoms in total. The number of guanidine groups is 1. The van der Waals surface area contributed by atoms with Gasteiger partial charge in [0.05, 0.1) is 13.1 Å². The summed E-state index contributed by atoms with van der Waals surface area (Å²) in [5.74, 6) is 1.09. The van der Waals surface area contributed by atoms with Crippen molar-refractivity contribution in [1.82, 2.24) is 20.9 Å². The predicted molar refractivity (Wildman–Crippen MR) is 134 cm³/mol. The highest BCUT2D eigenvalue weighted by Crippen LogP contribution is 2.10. The van der Waals surface area contributed by atoms with Gasteiger partial charge in [0.25, 0.3) is 5.91 Å². The molecular weight excluding hydrogens is 509 g/mol. The molecule has 1 saturated heterocycles. The van der Waals surface area contributed by atoms with Crippen LogP contribution in [0.3, 0.4) is 0 Å². The molecule has 1 aromatic rings. The van der Waals surface area contributed by atoms with Crippen LogP contribution in [0.5, 0.6) is 0 Å². The number of nitrogens with one attached hydrogen (secondary N) is 3. The van der Waals surface area contributed by atoms with Crippen molar-refractivity contribution in [3.05, 3.63) is 35.4 Å². The molecule has 2 rings (SSSR count). The minimum absolute atomic E-state index is 0. The van der Waals surface area contributed by atoms with E-state index in [4.69, 9.17) is 4.74 Å². The van der Waals surface area contributed by atoms with Crippen molar-refractivity contribution in [2.45, 2.75) is 33.7 Å². The highest BCUT2D eigenvalue weighted by Gasteiger charge is 2.22. The predicted octanol–water partition coefficient (Wildman–Crippen LogP) is 1.99. The molecule has 9 heteroatoms. The van der Waals surface area contributed by atoms with Gasteiger partial charge in [-0.1, -0.05) is 26.0 Å². The first kappa shape index (κ1) is 27.2. The van der Waals surface area contributed by atoms with Gasteiger partial charge in [0.1, 0.15) is 0 Å². The number of benzene rings is 1. The van der Waals surface area contributed by atoms with Crippen LogP contribution in [-0.4, -0.2) is 68.6 Å². The van der Waals surface area contributed by atoms with E-state index in [2.05, 4.69) is 34.8 Å². The van der Waals surface area contributed by atoms with Gasteiger partial charge >= 0.3 is 0 Å². The Morgan fingerprint density at radius 2 is 2.00 bits per heavy atom. The Labute approximate surface area is 202 Å². The Hall–Kier alpha value is -1.88. The van der Waals surface area contributed by atoms with Crippen LogP contribution in [0.15, 0.2) is 29.3 Å². The number of carbonyl (C=O) groups is 2. The first-order valence-corrected chi connectivity index (χ1v) is 10.7. The molecule has 3 N–H and O–H groups in total. The maximum absolute atomic E-state index is 12.5. The summed E-state index contributed by atoms with van der Waals surface area (Å²) in [7, 11) is 0. The van der Waals surface area contributed by atoms with E-state index in [0.29, 0.717) is 31.1 Å². The Morgan fingerprint density at radius 1 is 1.26 bits per heavy atom. The molecule has 174 valence electrons. The van der Waals surface area contributed by atoms with Crippen LogP contribution in [0.25, 0.3) is 0 Å². The summed E-state index contributed by atoms with van der Waals surface area (Å²) in [6.07, 6.45) is 0.919. The highest BCUT2D eigenvalue weighted by molar-refractivity contribution is 14.0. The summed E-state index contributed by atoms with van der Waals surface area (Å²) < 4.78 is 5.59. The summed E-state index contributed by atoms with van der Waals surface area (Å²) >= 11 is 0. The van der Waals surface area contributed by atoms with E-state index in [1.54, 1.807) is 17.0 Å². The van der Waals surface area contributed by atoms with Crippen molar-refractivity contribution < 1.29 is 14.3 Å². The zero-order valence-corrected chi connectivity index (χ0v) is 21.1. The normalized spacial score (nSPS) is 14.1. The monoisotopic (exact) mass is 545 g/mol. The van der Waals surface area contributed by atoms with Gasteiger partial charge in [-0.3, -0.25) is 9.59 Å². The van der Waals surface area contributed by atoms with Crippen LogP contribution in [0.2, 0.25) is 0 Å². The maximum atomic E-state index is 12.5. The van der Waals surface area contributed by atoms with Crippen LogP contribution in [0, 0.1) is 5.92 Å². The molecule has 1 heterocycles. The zero-order chi connectivity index (χ0) is 21.8. The largest absolute Gasteiger partial charge is 0.381 e. The number of amides is 2. The second kappa shape index (κ2) is 15.0. The Kier molecular flexibility index (Phi) is 13.1. The van der Waals surface area contributed by atoms with Crippen LogP contribution in [-0.2, 0) is 16.1 Å². The summed E-state index contributed by atoms with van der Waals surface area (Å²) in [6.45, 7) is 11.1. The van der Waals surface area contributed by atoms with Crippen molar-refractivity contribution in [2.24, 2.45) is 10.9 Å². The average molecular weight is 545 g/mol. The van der Waals surface area contributed by atoms with E-state index in [-0.39, 0.29) is 42.3 Å². The summed E-state index contributed by atoms with van der Waals surface area (Å²) in [5, 5.41) is 9.28. The van der Waals surface area contributed by atoms with Crippen molar-refractivity contribution in [3.63, 3.8) is 0 Å². The third kappa shape index (κ3) is 10.3. The maximum Gasteiger partial charge on any atom is 0.254 e. The molecule has 1 aliphatic rings. The topological polar surface area (TPSA) is 95.1 Å². The molecule has 0 aromatic heterocycles. The quantitative estimate of drug-likeness (QED) is 0.181. The number of hydrogen-bond acceptors (Lipinski definition) is 4. The number of rotatable bonds is 10. The molecule has 0 bridgehead atoms. The molecule has 31 heavy (non-hydrogen) atoms. The Bertz CT molecular complexity index is 710. The van der Waals surface area contributed by atoms with Gasteiger partial charge in [0, 0.05) is 45.0 Å². The lowest BCUT2D eigenvalue weighted by atomic mass is 10.1. The van der Waals surface area contributed by atoms with E-state index < -0.39 is 0 Å². The molecule has 0 spiro atoms. The molecule has 0 aliphatic carbocycles. The van der Waals surface area contributed by atoms with Crippen LogP contribution in [0.4, 0.5) is 0 Å². The first-order valence-electron chi connectivity index (χ1n) is 10.7. The van der Waals surface area contributed by atoms with Crippen molar-refractivity contribution in [3.8, 4) is 0 Å². The first-order chi connectivity index (χ1) is 14.5. The summed E-state index contributed by atoms with van der Waals surface area (Å²) in [6, 6.07) is 7.41. The fraction of sp³-hybridized carbons (Fsp3) is 0.591. The van der Waals surface area contributed by atoms with E-state index in [9.17, 15) is 9.59 Å². The van der Waals surface area contributed by atoms with Crippen molar-refractivity contribution >= 4 is 41.8 Å². The highest BCUT2D eigenvalue weighted by atomic mass is 127. The fourth-order valence-electron chi connectivity index (χ4n) is 2.96. The third-order valence-corrected chi connectivity index (χ3v) is 4.50. The second-order valence-electron chi connectivity index (χ2n) is 7.72. The van der Waals surface area contributed by atoms with Gasteiger partial charge in [-0.2, -0.15) is 0 Å². The number of aliphatic imine (C=N–C) groups is 1. The number of carbonyl (C=O) groups excluding carboxylic acids is 2. The molecule has 1 fully saturated rings.